The monoisotopic (exact) mass is 344 g/mol. The molecule has 2 amide bonds. The van der Waals surface area contributed by atoms with Gasteiger partial charge in [-0.1, -0.05) is 19.1 Å². The Labute approximate surface area is 145 Å². The molecule has 3 rings (SSSR count). The van der Waals surface area contributed by atoms with Gasteiger partial charge in [-0.15, -0.1) is 11.3 Å². The Balaban J connectivity index is 1.76. The minimum atomic E-state index is -0.537. The van der Waals surface area contributed by atoms with Crippen molar-refractivity contribution in [2.45, 2.75) is 32.9 Å². The molecule has 1 atom stereocenters. The van der Waals surface area contributed by atoms with Crippen LogP contribution in [0.1, 0.15) is 23.8 Å². The molecule has 0 fully saturated rings. The third kappa shape index (κ3) is 3.43. The Kier molecular flexibility index (Phi) is 4.85. The maximum Gasteiger partial charge on any atom is 0.268 e. The molecule has 6 heteroatoms. The van der Waals surface area contributed by atoms with E-state index in [1.54, 1.807) is 11.3 Å². The lowest BCUT2D eigenvalue weighted by molar-refractivity contribution is -0.129. The van der Waals surface area contributed by atoms with Gasteiger partial charge in [0.15, 0.2) is 6.10 Å². The van der Waals surface area contributed by atoms with Crippen molar-refractivity contribution in [3.63, 3.8) is 0 Å². The van der Waals surface area contributed by atoms with E-state index >= 15 is 0 Å². The smallest absolute Gasteiger partial charge is 0.268 e. The molecule has 2 heterocycles. The van der Waals surface area contributed by atoms with Crippen molar-refractivity contribution in [2.24, 2.45) is 0 Å². The molecule has 0 bridgehead atoms. The fraction of sp³-hybridized carbons (Fsp3) is 0.333. The molecule has 1 N–H and O–H groups in total. The van der Waals surface area contributed by atoms with Gasteiger partial charge in [0.2, 0.25) is 5.91 Å². The molecular formula is C18H20N2O3S. The fourth-order valence-electron chi connectivity index (χ4n) is 2.65. The minimum absolute atomic E-state index is 0.000518. The second kappa shape index (κ2) is 7.05. The van der Waals surface area contributed by atoms with Crippen LogP contribution in [0.5, 0.6) is 5.75 Å². The van der Waals surface area contributed by atoms with E-state index < -0.39 is 6.10 Å². The SMILES string of the molecule is CC[C@@H]1Oc2ccc(C)cc2N(CC(=O)NCc2cccs2)C1=O. The lowest BCUT2D eigenvalue weighted by atomic mass is 10.1. The third-order valence-electron chi connectivity index (χ3n) is 3.93. The Morgan fingerprint density at radius 3 is 2.92 bits per heavy atom. The summed E-state index contributed by atoms with van der Waals surface area (Å²) in [6.07, 6.45) is 0.0322. The first kappa shape index (κ1) is 16.5. The first-order valence-electron chi connectivity index (χ1n) is 7.96. The molecule has 126 valence electrons. The van der Waals surface area contributed by atoms with Crippen LogP contribution >= 0.6 is 11.3 Å². The van der Waals surface area contributed by atoms with Gasteiger partial charge in [-0.25, -0.2) is 0 Å². The Morgan fingerprint density at radius 2 is 2.21 bits per heavy atom. The second-order valence-corrected chi connectivity index (χ2v) is 6.80. The predicted octanol–water partition coefficient (Wildman–Crippen LogP) is 2.88. The molecule has 0 spiro atoms. The Morgan fingerprint density at radius 1 is 1.38 bits per heavy atom. The summed E-state index contributed by atoms with van der Waals surface area (Å²) in [5.74, 6) is 0.306. The number of nitrogens with one attached hydrogen (secondary N) is 1. The number of ether oxygens (including phenoxy) is 1. The highest BCUT2D eigenvalue weighted by Gasteiger charge is 2.34. The summed E-state index contributed by atoms with van der Waals surface area (Å²) >= 11 is 1.59. The van der Waals surface area contributed by atoms with Gasteiger partial charge in [-0.05, 0) is 42.5 Å². The van der Waals surface area contributed by atoms with Crippen LogP contribution in [0.3, 0.4) is 0 Å². The highest BCUT2D eigenvalue weighted by molar-refractivity contribution is 7.09. The number of carbonyl (C=O) groups is 2. The van der Waals surface area contributed by atoms with E-state index in [1.165, 1.54) is 4.90 Å². The van der Waals surface area contributed by atoms with Gasteiger partial charge < -0.3 is 10.1 Å². The zero-order valence-electron chi connectivity index (χ0n) is 13.7. The molecule has 2 aromatic rings. The largest absolute Gasteiger partial charge is 0.478 e. The van der Waals surface area contributed by atoms with Crippen LogP contribution in [0.2, 0.25) is 0 Å². The van der Waals surface area contributed by atoms with Crippen molar-refractivity contribution in [3.05, 3.63) is 46.2 Å². The molecule has 0 aliphatic carbocycles. The van der Waals surface area contributed by atoms with Crippen LogP contribution < -0.4 is 15.0 Å². The van der Waals surface area contributed by atoms with Gasteiger partial charge in [0.05, 0.1) is 12.2 Å². The quantitative estimate of drug-likeness (QED) is 0.907. The van der Waals surface area contributed by atoms with Gasteiger partial charge in [0.25, 0.3) is 5.91 Å². The highest BCUT2D eigenvalue weighted by Crippen LogP contribution is 2.35. The maximum absolute atomic E-state index is 12.6. The Bertz CT molecular complexity index is 743. The fourth-order valence-corrected chi connectivity index (χ4v) is 3.30. The molecule has 0 saturated heterocycles. The summed E-state index contributed by atoms with van der Waals surface area (Å²) in [6, 6.07) is 9.59. The number of rotatable bonds is 5. The van der Waals surface area contributed by atoms with Gasteiger partial charge in [0, 0.05) is 4.88 Å². The summed E-state index contributed by atoms with van der Waals surface area (Å²) in [5.41, 5.74) is 1.68. The van der Waals surface area contributed by atoms with Gasteiger partial charge in [-0.2, -0.15) is 0 Å². The van der Waals surface area contributed by atoms with Crippen LogP contribution in [0.4, 0.5) is 5.69 Å². The highest BCUT2D eigenvalue weighted by atomic mass is 32.1. The van der Waals surface area contributed by atoms with Crippen LogP contribution in [-0.4, -0.2) is 24.5 Å². The van der Waals surface area contributed by atoms with Gasteiger partial charge >= 0.3 is 0 Å². The van der Waals surface area contributed by atoms with Crippen LogP contribution in [0.25, 0.3) is 0 Å². The second-order valence-electron chi connectivity index (χ2n) is 5.77. The lowest BCUT2D eigenvalue weighted by Crippen LogP contribution is -2.49. The van der Waals surface area contributed by atoms with E-state index in [2.05, 4.69) is 5.32 Å². The molecule has 1 aromatic heterocycles. The number of anilines is 1. The van der Waals surface area contributed by atoms with E-state index in [0.29, 0.717) is 24.4 Å². The van der Waals surface area contributed by atoms with Crippen molar-refractivity contribution < 1.29 is 14.3 Å². The van der Waals surface area contributed by atoms with E-state index in [1.807, 2.05) is 49.6 Å². The maximum atomic E-state index is 12.6. The number of fused-ring (bicyclic) bond motifs is 1. The van der Waals surface area contributed by atoms with E-state index in [-0.39, 0.29) is 18.4 Å². The number of benzene rings is 1. The lowest BCUT2D eigenvalue weighted by Gasteiger charge is -2.33. The summed E-state index contributed by atoms with van der Waals surface area (Å²) in [6.45, 7) is 4.33. The van der Waals surface area contributed by atoms with Crippen molar-refractivity contribution in [1.29, 1.82) is 0 Å². The summed E-state index contributed by atoms with van der Waals surface area (Å²) in [5, 5.41) is 4.84. The number of hydrogen-bond acceptors (Lipinski definition) is 4. The molecule has 0 saturated carbocycles. The number of carbonyl (C=O) groups excluding carboxylic acids is 2. The first-order valence-corrected chi connectivity index (χ1v) is 8.84. The number of hydrogen-bond donors (Lipinski definition) is 1. The summed E-state index contributed by atoms with van der Waals surface area (Å²) in [7, 11) is 0. The molecular weight excluding hydrogens is 324 g/mol. The summed E-state index contributed by atoms with van der Waals surface area (Å²) in [4.78, 5) is 27.5. The minimum Gasteiger partial charge on any atom is -0.478 e. The Hall–Kier alpha value is -2.34. The number of aryl methyl sites for hydroxylation is 1. The molecule has 1 aromatic carbocycles. The van der Waals surface area contributed by atoms with E-state index in [0.717, 1.165) is 10.4 Å². The number of amides is 2. The number of thiophene rings is 1. The zero-order chi connectivity index (χ0) is 17.1. The van der Waals surface area contributed by atoms with Crippen LogP contribution in [-0.2, 0) is 16.1 Å². The van der Waals surface area contributed by atoms with Crippen LogP contribution in [0, 0.1) is 6.92 Å². The average Bonchev–Trinajstić information content (AvgIpc) is 3.09. The standard InChI is InChI=1S/C18H20N2O3S/c1-3-15-18(22)20(14-9-12(2)6-7-16(14)23-15)11-17(21)19-10-13-5-4-8-24-13/h4-9,15H,3,10-11H2,1-2H3,(H,19,21)/t15-/m0/s1. The van der Waals surface area contributed by atoms with E-state index in [4.69, 9.17) is 4.74 Å². The van der Waals surface area contributed by atoms with E-state index in [9.17, 15) is 9.59 Å². The average molecular weight is 344 g/mol. The van der Waals surface area contributed by atoms with Crippen molar-refractivity contribution in [2.75, 3.05) is 11.4 Å². The normalized spacial score (nSPS) is 16.5. The van der Waals surface area contributed by atoms with Gasteiger partial charge in [0.1, 0.15) is 12.3 Å². The molecule has 5 nitrogen and oxygen atoms in total. The van der Waals surface area contributed by atoms with Crippen molar-refractivity contribution >= 4 is 28.8 Å². The van der Waals surface area contributed by atoms with Crippen molar-refractivity contribution in [3.8, 4) is 5.75 Å². The van der Waals surface area contributed by atoms with Crippen molar-refractivity contribution in [1.82, 2.24) is 5.32 Å². The van der Waals surface area contributed by atoms with Gasteiger partial charge in [-0.3, -0.25) is 14.5 Å². The molecule has 0 unspecified atom stereocenters. The van der Waals surface area contributed by atoms with Crippen LogP contribution in [0.15, 0.2) is 35.7 Å². The molecule has 24 heavy (non-hydrogen) atoms. The molecule has 0 radical (unpaired) electrons. The number of nitrogens with zero attached hydrogens (tertiary/aromatic N) is 1. The topological polar surface area (TPSA) is 58.6 Å². The summed E-state index contributed by atoms with van der Waals surface area (Å²) < 4.78 is 5.76. The third-order valence-corrected chi connectivity index (χ3v) is 4.80. The molecule has 1 aliphatic rings. The molecule has 1 aliphatic heterocycles. The predicted molar refractivity (Wildman–Crippen MR) is 94.4 cm³/mol. The zero-order valence-corrected chi connectivity index (χ0v) is 14.6. The first-order chi connectivity index (χ1) is 11.6.